The number of halogens is 3. The van der Waals surface area contributed by atoms with E-state index in [2.05, 4.69) is 15.0 Å². The molecule has 0 aliphatic rings. The van der Waals surface area contributed by atoms with E-state index >= 15 is 0 Å². The molecule has 0 aliphatic carbocycles. The van der Waals surface area contributed by atoms with E-state index in [1.165, 1.54) is 0 Å². The third-order valence-corrected chi connectivity index (χ3v) is 2.69. The van der Waals surface area contributed by atoms with Crippen molar-refractivity contribution in [2.24, 2.45) is 0 Å². The Morgan fingerprint density at radius 2 is 1.82 bits per heavy atom. The third-order valence-electron chi connectivity index (χ3n) is 1.72. The number of nitrogen functional groups attached to an aromatic ring is 1. The molecular formula is C9H5Cl3N4O. The number of hydrogen-bond donors (Lipinski definition) is 1. The summed E-state index contributed by atoms with van der Waals surface area (Å²) in [6.07, 6.45) is 0. The van der Waals surface area contributed by atoms with Gasteiger partial charge in [0.05, 0.1) is 5.02 Å². The van der Waals surface area contributed by atoms with Crippen molar-refractivity contribution in [2.45, 2.75) is 0 Å². The van der Waals surface area contributed by atoms with E-state index in [1.807, 2.05) is 0 Å². The van der Waals surface area contributed by atoms with E-state index in [-0.39, 0.29) is 22.3 Å². The molecule has 1 aromatic carbocycles. The summed E-state index contributed by atoms with van der Waals surface area (Å²) in [5.41, 5.74) is 5.40. The molecule has 8 heteroatoms. The Labute approximate surface area is 112 Å². The van der Waals surface area contributed by atoms with Crippen molar-refractivity contribution in [2.75, 3.05) is 5.73 Å². The molecule has 0 saturated carbocycles. The van der Waals surface area contributed by atoms with Gasteiger partial charge >= 0.3 is 6.01 Å². The molecule has 2 N–H and O–H groups in total. The topological polar surface area (TPSA) is 73.9 Å². The van der Waals surface area contributed by atoms with Crippen LogP contribution in [-0.2, 0) is 0 Å². The number of nitrogens with zero attached hydrogens (tertiary/aromatic N) is 3. The van der Waals surface area contributed by atoms with E-state index in [4.69, 9.17) is 45.3 Å². The summed E-state index contributed by atoms with van der Waals surface area (Å²) < 4.78 is 5.31. The zero-order valence-electron chi connectivity index (χ0n) is 8.19. The van der Waals surface area contributed by atoms with Crippen LogP contribution in [0.3, 0.4) is 0 Å². The summed E-state index contributed by atoms with van der Waals surface area (Å²) in [5, 5.41) is 0.548. The number of aromatic nitrogens is 3. The molecule has 0 atom stereocenters. The van der Waals surface area contributed by atoms with Crippen molar-refractivity contribution < 1.29 is 4.74 Å². The van der Waals surface area contributed by atoms with E-state index in [0.717, 1.165) is 0 Å². The predicted octanol–water partition coefficient (Wildman–Crippen LogP) is 3.21. The molecule has 0 amide bonds. The molecule has 1 heterocycles. The highest BCUT2D eigenvalue weighted by molar-refractivity contribution is 6.42. The first-order valence-electron chi connectivity index (χ1n) is 4.35. The molecule has 88 valence electrons. The standard InChI is InChI=1S/C9H5Cl3N4O/c10-4-2-1-3-5(6(4)11)17-9-15-7(12)14-8(13)16-9/h1-3H,(H2,13,14,15,16). The Morgan fingerprint density at radius 1 is 1.06 bits per heavy atom. The maximum Gasteiger partial charge on any atom is 0.328 e. The third kappa shape index (κ3) is 2.88. The Bertz CT molecular complexity index is 544. The van der Waals surface area contributed by atoms with Crippen LogP contribution < -0.4 is 10.5 Å². The van der Waals surface area contributed by atoms with E-state index in [9.17, 15) is 0 Å². The van der Waals surface area contributed by atoms with Gasteiger partial charge in [-0.1, -0.05) is 29.3 Å². The maximum atomic E-state index is 5.93. The lowest BCUT2D eigenvalue weighted by Gasteiger charge is -2.06. The maximum absolute atomic E-state index is 5.93. The number of nitrogens with two attached hydrogens (primary N) is 1. The highest BCUT2D eigenvalue weighted by Gasteiger charge is 2.10. The smallest absolute Gasteiger partial charge is 0.328 e. The van der Waals surface area contributed by atoms with Crippen LogP contribution in [0.4, 0.5) is 5.95 Å². The lowest BCUT2D eigenvalue weighted by Crippen LogP contribution is -2.00. The van der Waals surface area contributed by atoms with Gasteiger partial charge in [-0.25, -0.2) is 0 Å². The predicted molar refractivity (Wildman–Crippen MR) is 65.8 cm³/mol. The van der Waals surface area contributed by atoms with Gasteiger partial charge in [0.2, 0.25) is 11.2 Å². The first-order valence-corrected chi connectivity index (χ1v) is 5.48. The molecule has 2 rings (SSSR count). The Hall–Kier alpha value is -1.30. The summed E-state index contributed by atoms with van der Waals surface area (Å²) in [6, 6.07) is 4.87. The van der Waals surface area contributed by atoms with Crippen LogP contribution in [0.5, 0.6) is 11.8 Å². The highest BCUT2D eigenvalue weighted by Crippen LogP contribution is 2.33. The van der Waals surface area contributed by atoms with Crippen LogP contribution in [0.25, 0.3) is 0 Å². The minimum absolute atomic E-state index is 0.0434. The molecule has 5 nitrogen and oxygen atoms in total. The largest absolute Gasteiger partial charge is 0.422 e. The van der Waals surface area contributed by atoms with Gasteiger partial charge in [-0.2, -0.15) is 15.0 Å². The van der Waals surface area contributed by atoms with Crippen LogP contribution in [-0.4, -0.2) is 15.0 Å². The number of rotatable bonds is 2. The second kappa shape index (κ2) is 4.91. The van der Waals surface area contributed by atoms with E-state index < -0.39 is 0 Å². The molecule has 2 aromatic rings. The summed E-state index contributed by atoms with van der Waals surface area (Å²) in [5.74, 6) is 0.263. The van der Waals surface area contributed by atoms with Crippen LogP contribution in [0.2, 0.25) is 15.3 Å². The fourth-order valence-electron chi connectivity index (χ4n) is 1.05. The van der Waals surface area contributed by atoms with Crippen molar-refractivity contribution in [3.63, 3.8) is 0 Å². The minimum atomic E-state index is -0.0642. The number of anilines is 1. The summed E-state index contributed by atoms with van der Waals surface area (Å²) >= 11 is 17.4. The van der Waals surface area contributed by atoms with Gasteiger partial charge in [0, 0.05) is 0 Å². The first kappa shape index (κ1) is 12.2. The summed E-state index contributed by atoms with van der Waals surface area (Å²) in [7, 11) is 0. The Kier molecular flexibility index (Phi) is 3.51. The molecule has 0 aliphatic heterocycles. The van der Waals surface area contributed by atoms with Crippen LogP contribution in [0, 0.1) is 0 Å². The van der Waals surface area contributed by atoms with Crippen molar-refractivity contribution >= 4 is 40.8 Å². The average Bonchev–Trinajstić information content (AvgIpc) is 2.23. The molecule has 0 spiro atoms. The molecule has 0 unspecified atom stereocenters. The van der Waals surface area contributed by atoms with Crippen molar-refractivity contribution in [1.29, 1.82) is 0 Å². The van der Waals surface area contributed by atoms with Gasteiger partial charge in [-0.05, 0) is 23.7 Å². The first-order chi connectivity index (χ1) is 8.06. The van der Waals surface area contributed by atoms with Gasteiger partial charge in [0.1, 0.15) is 5.02 Å². The van der Waals surface area contributed by atoms with Crippen LogP contribution >= 0.6 is 34.8 Å². The molecule has 0 bridgehead atoms. The Balaban J connectivity index is 2.34. The second-order valence-corrected chi connectivity index (χ2v) is 4.02. The number of benzene rings is 1. The average molecular weight is 292 g/mol. The van der Waals surface area contributed by atoms with E-state index in [1.54, 1.807) is 18.2 Å². The summed E-state index contributed by atoms with van der Waals surface area (Å²) in [4.78, 5) is 11.1. The van der Waals surface area contributed by atoms with Gasteiger partial charge in [-0.15, -0.1) is 0 Å². The lowest BCUT2D eigenvalue weighted by atomic mass is 10.3. The molecule has 0 saturated heterocycles. The summed E-state index contributed by atoms with van der Waals surface area (Å²) in [6.45, 7) is 0. The quantitative estimate of drug-likeness (QED) is 0.919. The van der Waals surface area contributed by atoms with Crippen molar-refractivity contribution in [1.82, 2.24) is 15.0 Å². The normalized spacial score (nSPS) is 10.3. The van der Waals surface area contributed by atoms with Gasteiger partial charge in [-0.3, -0.25) is 0 Å². The molecule has 0 radical (unpaired) electrons. The van der Waals surface area contributed by atoms with Crippen LogP contribution in [0.15, 0.2) is 18.2 Å². The van der Waals surface area contributed by atoms with Crippen molar-refractivity contribution in [3.05, 3.63) is 33.5 Å². The fraction of sp³-hybridized carbons (Fsp3) is 0. The van der Waals surface area contributed by atoms with Gasteiger partial charge in [0.15, 0.2) is 5.75 Å². The van der Waals surface area contributed by atoms with Crippen LogP contribution in [0.1, 0.15) is 0 Å². The molecular weight excluding hydrogens is 286 g/mol. The minimum Gasteiger partial charge on any atom is -0.422 e. The fourth-order valence-corrected chi connectivity index (χ4v) is 1.54. The lowest BCUT2D eigenvalue weighted by molar-refractivity contribution is 0.441. The zero-order valence-corrected chi connectivity index (χ0v) is 10.5. The van der Waals surface area contributed by atoms with Crippen molar-refractivity contribution in [3.8, 4) is 11.8 Å². The molecule has 1 aromatic heterocycles. The molecule has 0 fully saturated rings. The van der Waals surface area contributed by atoms with Gasteiger partial charge in [0.25, 0.3) is 0 Å². The van der Waals surface area contributed by atoms with E-state index in [0.29, 0.717) is 10.8 Å². The molecule has 17 heavy (non-hydrogen) atoms. The zero-order chi connectivity index (χ0) is 12.4. The number of hydrogen-bond acceptors (Lipinski definition) is 5. The highest BCUT2D eigenvalue weighted by atomic mass is 35.5. The number of ether oxygens (including phenoxy) is 1. The monoisotopic (exact) mass is 290 g/mol. The Morgan fingerprint density at radius 3 is 2.53 bits per heavy atom. The second-order valence-electron chi connectivity index (χ2n) is 2.90. The SMILES string of the molecule is Nc1nc(Cl)nc(Oc2cccc(Cl)c2Cl)n1. The van der Waals surface area contributed by atoms with Gasteiger partial charge < -0.3 is 10.5 Å².